The lowest BCUT2D eigenvalue weighted by atomic mass is 9.95. The molecule has 7 nitrogen and oxygen atoms in total. The molecule has 144 valence electrons. The first-order valence-electron chi connectivity index (χ1n) is 8.48. The molecular weight excluding hydrogens is 378 g/mol. The molecule has 3 rings (SSSR count). The lowest BCUT2D eigenvalue weighted by Gasteiger charge is -2.15. The summed E-state index contributed by atoms with van der Waals surface area (Å²) < 4.78 is 16.0. The van der Waals surface area contributed by atoms with E-state index in [-0.39, 0.29) is 6.61 Å². The normalized spacial score (nSPS) is 10.5. The van der Waals surface area contributed by atoms with Crippen molar-refractivity contribution in [2.75, 3.05) is 26.6 Å². The summed E-state index contributed by atoms with van der Waals surface area (Å²) in [6.07, 6.45) is 0. The molecule has 0 fully saturated rings. The predicted molar refractivity (Wildman–Crippen MR) is 108 cm³/mol. The van der Waals surface area contributed by atoms with Crippen LogP contribution in [0.1, 0.15) is 27.9 Å². The van der Waals surface area contributed by atoms with E-state index in [4.69, 9.17) is 19.9 Å². The quantitative estimate of drug-likeness (QED) is 0.650. The van der Waals surface area contributed by atoms with Crippen molar-refractivity contribution in [1.82, 2.24) is 4.98 Å². The summed E-state index contributed by atoms with van der Waals surface area (Å²) in [4.78, 5) is 18.2. The molecule has 0 atom stereocenters. The Balaban J connectivity index is 2.44. The van der Waals surface area contributed by atoms with Gasteiger partial charge in [0.2, 0.25) is 0 Å². The number of hydrogen-bond acceptors (Lipinski definition) is 8. The van der Waals surface area contributed by atoms with Gasteiger partial charge in [-0.1, -0.05) is 6.07 Å². The fourth-order valence-electron chi connectivity index (χ4n) is 3.08. The first-order valence-corrected chi connectivity index (χ1v) is 9.30. The molecular formula is C20H19N3O4S. The second-order valence-corrected chi connectivity index (χ2v) is 6.87. The monoisotopic (exact) mass is 397 g/mol. The van der Waals surface area contributed by atoms with Gasteiger partial charge in [-0.05, 0) is 31.5 Å². The molecule has 0 aliphatic heterocycles. The first kappa shape index (κ1) is 19.5. The molecule has 0 bridgehead atoms. The van der Waals surface area contributed by atoms with Crippen molar-refractivity contribution in [2.45, 2.75) is 13.8 Å². The number of esters is 1. The van der Waals surface area contributed by atoms with E-state index in [9.17, 15) is 10.1 Å². The third-order valence-corrected chi connectivity index (χ3v) is 5.32. The van der Waals surface area contributed by atoms with Crippen molar-refractivity contribution >= 4 is 33.2 Å². The molecule has 2 heterocycles. The second kappa shape index (κ2) is 7.74. The molecule has 0 radical (unpaired) electrons. The highest BCUT2D eigenvalue weighted by Crippen LogP contribution is 2.43. The van der Waals surface area contributed by atoms with E-state index >= 15 is 0 Å². The Morgan fingerprint density at radius 3 is 2.61 bits per heavy atom. The van der Waals surface area contributed by atoms with Crippen LogP contribution in [0.5, 0.6) is 11.5 Å². The minimum Gasteiger partial charge on any atom is -0.493 e. The fraction of sp³-hybridized carbons (Fsp3) is 0.250. The van der Waals surface area contributed by atoms with Crippen LogP contribution in [0.3, 0.4) is 0 Å². The number of carbonyl (C=O) groups is 1. The molecule has 0 saturated carbocycles. The van der Waals surface area contributed by atoms with Gasteiger partial charge < -0.3 is 19.9 Å². The Hall–Kier alpha value is -3.31. The first-order chi connectivity index (χ1) is 13.5. The predicted octanol–water partition coefficient (Wildman–Crippen LogP) is 3.92. The third-order valence-electron chi connectivity index (χ3n) is 4.31. The average molecular weight is 397 g/mol. The summed E-state index contributed by atoms with van der Waals surface area (Å²) in [5, 5.41) is 9.95. The summed E-state index contributed by atoms with van der Waals surface area (Å²) in [5.74, 6) is 0.567. The number of aromatic nitrogens is 1. The van der Waals surface area contributed by atoms with Gasteiger partial charge in [0.25, 0.3) is 0 Å². The summed E-state index contributed by atoms with van der Waals surface area (Å²) in [6, 6.07) is 7.41. The zero-order chi connectivity index (χ0) is 20.4. The van der Waals surface area contributed by atoms with E-state index in [1.165, 1.54) is 18.4 Å². The van der Waals surface area contributed by atoms with Crippen molar-refractivity contribution in [2.24, 2.45) is 0 Å². The molecule has 2 aromatic heterocycles. The highest BCUT2D eigenvalue weighted by molar-refractivity contribution is 7.20. The summed E-state index contributed by atoms with van der Waals surface area (Å²) in [6.45, 7) is 3.70. The smallest absolute Gasteiger partial charge is 0.340 e. The minimum absolute atomic E-state index is 0.226. The van der Waals surface area contributed by atoms with Crippen LogP contribution in [0, 0.1) is 18.3 Å². The molecule has 28 heavy (non-hydrogen) atoms. The van der Waals surface area contributed by atoms with E-state index in [0.29, 0.717) is 54.7 Å². The molecule has 1 aromatic carbocycles. The molecule has 0 saturated heterocycles. The summed E-state index contributed by atoms with van der Waals surface area (Å²) >= 11 is 1.19. The van der Waals surface area contributed by atoms with Crippen molar-refractivity contribution in [3.63, 3.8) is 0 Å². The number of benzene rings is 1. The fourth-order valence-corrected chi connectivity index (χ4v) is 4.03. The average Bonchev–Trinajstić information content (AvgIpc) is 3.01. The van der Waals surface area contributed by atoms with Gasteiger partial charge in [0.05, 0.1) is 37.8 Å². The maximum Gasteiger partial charge on any atom is 0.340 e. The standard InChI is InChI=1S/C20H19N3O4S/c1-5-27-20(24)15-10(2)23-19-17(18(22)14(9-21)28-19)16(15)11-6-7-12(25-3)13(8-11)26-4/h6-8H,5,22H2,1-4H3. The highest BCUT2D eigenvalue weighted by atomic mass is 32.1. The number of nitrogens with zero attached hydrogens (tertiary/aromatic N) is 2. The largest absolute Gasteiger partial charge is 0.493 e. The number of carbonyl (C=O) groups excluding carboxylic acids is 1. The van der Waals surface area contributed by atoms with E-state index in [1.807, 2.05) is 0 Å². The third kappa shape index (κ3) is 3.10. The van der Waals surface area contributed by atoms with Crippen LogP contribution in [-0.4, -0.2) is 31.8 Å². The number of nitriles is 1. The van der Waals surface area contributed by atoms with Gasteiger partial charge in [0.15, 0.2) is 11.5 Å². The van der Waals surface area contributed by atoms with Crippen LogP contribution < -0.4 is 15.2 Å². The van der Waals surface area contributed by atoms with Crippen LogP contribution in [0.15, 0.2) is 18.2 Å². The zero-order valence-electron chi connectivity index (χ0n) is 16.0. The lowest BCUT2D eigenvalue weighted by Crippen LogP contribution is -2.10. The van der Waals surface area contributed by atoms with Gasteiger partial charge in [-0.2, -0.15) is 5.26 Å². The number of nitrogen functional groups attached to an aromatic ring is 1. The SMILES string of the molecule is CCOC(=O)c1c(C)nc2sc(C#N)c(N)c2c1-c1ccc(OC)c(OC)c1. The lowest BCUT2D eigenvalue weighted by molar-refractivity contribution is 0.0526. The van der Waals surface area contributed by atoms with E-state index in [0.717, 1.165) is 0 Å². The number of rotatable bonds is 5. The molecule has 2 N–H and O–H groups in total. The molecule has 0 amide bonds. The molecule has 0 aliphatic rings. The Kier molecular flexibility index (Phi) is 5.38. The molecule has 0 aliphatic carbocycles. The maximum absolute atomic E-state index is 12.7. The van der Waals surface area contributed by atoms with Crippen LogP contribution in [0.2, 0.25) is 0 Å². The number of anilines is 1. The topological polar surface area (TPSA) is 107 Å². The summed E-state index contributed by atoms with van der Waals surface area (Å²) in [5.41, 5.74) is 8.61. The van der Waals surface area contributed by atoms with E-state index in [2.05, 4.69) is 11.1 Å². The second-order valence-electron chi connectivity index (χ2n) is 5.87. The Morgan fingerprint density at radius 1 is 1.29 bits per heavy atom. The minimum atomic E-state index is -0.497. The highest BCUT2D eigenvalue weighted by Gasteiger charge is 2.26. The van der Waals surface area contributed by atoms with Crippen LogP contribution in [0.4, 0.5) is 5.69 Å². The van der Waals surface area contributed by atoms with Gasteiger partial charge in [0, 0.05) is 10.9 Å². The molecule has 0 spiro atoms. The van der Waals surface area contributed by atoms with Gasteiger partial charge >= 0.3 is 5.97 Å². The number of thiophene rings is 1. The van der Waals surface area contributed by atoms with Crippen molar-refractivity contribution in [1.29, 1.82) is 5.26 Å². The number of pyridine rings is 1. The van der Waals surface area contributed by atoms with Crippen LogP contribution in [-0.2, 0) is 4.74 Å². The molecule has 8 heteroatoms. The maximum atomic E-state index is 12.7. The van der Waals surface area contributed by atoms with E-state index in [1.54, 1.807) is 39.2 Å². The zero-order valence-corrected chi connectivity index (χ0v) is 16.8. The number of aryl methyl sites for hydroxylation is 1. The van der Waals surface area contributed by atoms with Gasteiger partial charge in [-0.15, -0.1) is 11.3 Å². The number of fused-ring (bicyclic) bond motifs is 1. The van der Waals surface area contributed by atoms with Crippen LogP contribution in [0.25, 0.3) is 21.3 Å². The Morgan fingerprint density at radius 2 is 2.00 bits per heavy atom. The number of ether oxygens (including phenoxy) is 3. The van der Waals surface area contributed by atoms with E-state index < -0.39 is 5.97 Å². The Labute approximate surface area is 166 Å². The molecule has 3 aromatic rings. The van der Waals surface area contributed by atoms with Gasteiger partial charge in [0.1, 0.15) is 15.8 Å². The number of hydrogen-bond donors (Lipinski definition) is 1. The molecule has 0 unspecified atom stereocenters. The van der Waals surface area contributed by atoms with Crippen molar-refractivity contribution in [3.05, 3.63) is 34.3 Å². The van der Waals surface area contributed by atoms with Crippen molar-refractivity contribution in [3.8, 4) is 28.7 Å². The number of methoxy groups -OCH3 is 2. The summed E-state index contributed by atoms with van der Waals surface area (Å²) in [7, 11) is 3.08. The van der Waals surface area contributed by atoms with Crippen LogP contribution >= 0.6 is 11.3 Å². The van der Waals surface area contributed by atoms with Gasteiger partial charge in [-0.3, -0.25) is 0 Å². The Bertz CT molecular complexity index is 1120. The number of nitrogens with two attached hydrogens (primary N) is 1. The van der Waals surface area contributed by atoms with Gasteiger partial charge in [-0.25, -0.2) is 9.78 Å². The van der Waals surface area contributed by atoms with Crippen molar-refractivity contribution < 1.29 is 19.0 Å².